The van der Waals surface area contributed by atoms with E-state index in [9.17, 15) is 9.90 Å². The van der Waals surface area contributed by atoms with Gasteiger partial charge in [0, 0.05) is 18.7 Å². The fourth-order valence-electron chi connectivity index (χ4n) is 4.53. The molecule has 1 fully saturated rings. The first-order valence-electron chi connectivity index (χ1n) is 12.2. The Kier molecular flexibility index (Phi) is 7.18. The van der Waals surface area contributed by atoms with Gasteiger partial charge >= 0.3 is 6.09 Å². The predicted octanol–water partition coefficient (Wildman–Crippen LogP) is 4.50. The fourth-order valence-corrected chi connectivity index (χ4v) is 4.53. The highest BCUT2D eigenvalue weighted by Gasteiger charge is 2.37. The minimum absolute atomic E-state index is 0.288. The van der Waals surface area contributed by atoms with Crippen molar-refractivity contribution in [1.29, 1.82) is 0 Å². The molecule has 0 aromatic carbocycles. The lowest BCUT2D eigenvalue weighted by Gasteiger charge is -2.23. The van der Waals surface area contributed by atoms with Gasteiger partial charge in [0.05, 0.1) is 30.8 Å². The molecule has 0 spiro atoms. The van der Waals surface area contributed by atoms with Crippen LogP contribution < -0.4 is 4.74 Å². The van der Waals surface area contributed by atoms with Gasteiger partial charge in [0.25, 0.3) is 0 Å². The molecule has 36 heavy (non-hydrogen) atoms. The first-order chi connectivity index (χ1) is 17.6. The van der Waals surface area contributed by atoms with Crippen molar-refractivity contribution < 1.29 is 28.8 Å². The second kappa shape index (κ2) is 10.8. The average molecular weight is 492 g/mol. The van der Waals surface area contributed by atoms with Gasteiger partial charge < -0.3 is 24.1 Å². The SMILES string of the molecule is COc1ccc2nccc(CCC[C@H](O)C[C@H]3CN(C4=COC=C(C5=CC=CCC5)O4)C(=O)O3)c2n1. The second-order valence-electron chi connectivity index (χ2n) is 8.92. The summed E-state index contributed by atoms with van der Waals surface area (Å²) in [6.45, 7) is 0.288. The predicted molar refractivity (Wildman–Crippen MR) is 131 cm³/mol. The minimum Gasteiger partial charge on any atom is -0.481 e. The summed E-state index contributed by atoms with van der Waals surface area (Å²) < 4.78 is 22.1. The molecule has 2 aromatic heterocycles. The monoisotopic (exact) mass is 491 g/mol. The van der Waals surface area contributed by atoms with Gasteiger partial charge in [-0.25, -0.2) is 14.7 Å². The lowest BCUT2D eigenvalue weighted by molar-refractivity contribution is 0.0786. The molecule has 0 bridgehead atoms. The van der Waals surface area contributed by atoms with Crippen LogP contribution in [0.25, 0.3) is 11.0 Å². The van der Waals surface area contributed by atoms with E-state index in [0.717, 1.165) is 47.9 Å². The van der Waals surface area contributed by atoms with Crippen molar-refractivity contribution in [3.05, 3.63) is 77.9 Å². The molecule has 0 unspecified atom stereocenters. The van der Waals surface area contributed by atoms with E-state index < -0.39 is 18.3 Å². The molecule has 1 saturated heterocycles. The smallest absolute Gasteiger partial charge is 0.417 e. The molecule has 3 aliphatic rings. The third-order valence-electron chi connectivity index (χ3n) is 6.40. The molecule has 0 saturated carbocycles. The number of rotatable bonds is 9. The van der Waals surface area contributed by atoms with Crippen LogP contribution in [0, 0.1) is 0 Å². The first-order valence-corrected chi connectivity index (χ1v) is 12.2. The third-order valence-corrected chi connectivity index (χ3v) is 6.40. The molecule has 5 rings (SSSR count). The van der Waals surface area contributed by atoms with Crippen LogP contribution in [0.15, 0.2) is 72.4 Å². The summed E-state index contributed by atoms with van der Waals surface area (Å²) in [7, 11) is 1.59. The van der Waals surface area contributed by atoms with Crippen LogP contribution in [0.5, 0.6) is 5.88 Å². The number of hydrogen-bond acceptors (Lipinski definition) is 8. The third kappa shape index (κ3) is 5.36. The molecule has 1 N–H and O–H groups in total. The van der Waals surface area contributed by atoms with Gasteiger partial charge in [-0.2, -0.15) is 0 Å². The fraction of sp³-hybridized carbons (Fsp3) is 0.370. The van der Waals surface area contributed by atoms with Crippen molar-refractivity contribution in [2.45, 2.75) is 50.7 Å². The van der Waals surface area contributed by atoms with Crippen LogP contribution in [0.2, 0.25) is 0 Å². The molecule has 4 heterocycles. The van der Waals surface area contributed by atoms with Crippen molar-refractivity contribution in [2.24, 2.45) is 0 Å². The maximum absolute atomic E-state index is 12.5. The highest BCUT2D eigenvalue weighted by Crippen LogP contribution is 2.30. The Morgan fingerprint density at radius 3 is 3.03 bits per heavy atom. The standard InChI is InChI=1S/C27H29N3O6/c1-33-24-11-10-22-26(29-24)19(12-13-28-22)8-5-9-20(31)14-21-15-30(27(32)35-21)25-17-34-16-23(36-25)18-6-3-2-4-7-18/h2-3,6,10-13,16-17,20-21,31H,4-5,7-9,14-15H2,1H3/t20-,21-/m0/s1. The van der Waals surface area contributed by atoms with Gasteiger partial charge in [-0.3, -0.25) is 4.98 Å². The Bertz CT molecular complexity index is 1250. The Balaban J connectivity index is 1.12. The quantitative estimate of drug-likeness (QED) is 0.547. The lowest BCUT2D eigenvalue weighted by atomic mass is 10.0. The summed E-state index contributed by atoms with van der Waals surface area (Å²) in [6, 6.07) is 5.62. The molecular formula is C27H29N3O6. The van der Waals surface area contributed by atoms with E-state index in [1.165, 1.54) is 17.4 Å². The molecule has 188 valence electrons. The van der Waals surface area contributed by atoms with Crippen LogP contribution in [-0.4, -0.2) is 51.9 Å². The normalized spacial score (nSPS) is 20.2. The van der Waals surface area contributed by atoms with Gasteiger partial charge in [0.1, 0.15) is 12.4 Å². The Morgan fingerprint density at radius 2 is 2.19 bits per heavy atom. The van der Waals surface area contributed by atoms with Crippen LogP contribution in [0.1, 0.15) is 37.7 Å². The maximum atomic E-state index is 12.5. The number of aliphatic hydroxyl groups excluding tert-OH is 1. The van der Waals surface area contributed by atoms with E-state index in [1.807, 2.05) is 24.3 Å². The number of carbonyl (C=O) groups is 1. The number of carbonyl (C=O) groups excluding carboxylic acids is 1. The van der Waals surface area contributed by atoms with Gasteiger partial charge in [-0.05, 0) is 55.4 Å². The van der Waals surface area contributed by atoms with Gasteiger partial charge in [0.2, 0.25) is 11.8 Å². The molecule has 0 radical (unpaired) electrons. The van der Waals surface area contributed by atoms with Crippen molar-refractivity contribution in [1.82, 2.24) is 14.9 Å². The highest BCUT2D eigenvalue weighted by atomic mass is 16.6. The van der Waals surface area contributed by atoms with Crippen molar-refractivity contribution in [3.63, 3.8) is 0 Å². The van der Waals surface area contributed by atoms with Crippen LogP contribution in [0.4, 0.5) is 4.79 Å². The van der Waals surface area contributed by atoms with Crippen LogP contribution in [0.3, 0.4) is 0 Å². The number of aliphatic hydroxyl groups is 1. The zero-order chi connectivity index (χ0) is 24.9. The number of hydrogen-bond donors (Lipinski definition) is 1. The molecule has 1 aliphatic carbocycles. The molecule has 2 aromatic rings. The number of methoxy groups -OCH3 is 1. The van der Waals surface area contributed by atoms with Gasteiger partial charge in [-0.15, -0.1) is 0 Å². The number of pyridine rings is 2. The number of allylic oxidation sites excluding steroid dienone is 4. The van der Waals surface area contributed by atoms with Crippen LogP contribution in [-0.2, 0) is 20.6 Å². The molecule has 1 amide bonds. The molecule has 2 atom stereocenters. The van der Waals surface area contributed by atoms with E-state index in [4.69, 9.17) is 18.9 Å². The number of cyclic esters (lactones) is 1. The number of ether oxygens (including phenoxy) is 4. The summed E-state index contributed by atoms with van der Waals surface area (Å²) in [6.07, 6.45) is 13.4. The van der Waals surface area contributed by atoms with Gasteiger partial charge in [-0.1, -0.05) is 18.2 Å². The summed E-state index contributed by atoms with van der Waals surface area (Å²) in [4.78, 5) is 22.8. The van der Waals surface area contributed by atoms with Crippen molar-refractivity contribution >= 4 is 17.1 Å². The maximum Gasteiger partial charge on any atom is 0.417 e. The molecule has 2 aliphatic heterocycles. The second-order valence-corrected chi connectivity index (χ2v) is 8.92. The van der Waals surface area contributed by atoms with E-state index >= 15 is 0 Å². The summed E-state index contributed by atoms with van der Waals surface area (Å²) in [5.74, 6) is 1.42. The summed E-state index contributed by atoms with van der Waals surface area (Å²) in [5.41, 5.74) is 3.68. The molecule has 9 nitrogen and oxygen atoms in total. The highest BCUT2D eigenvalue weighted by molar-refractivity contribution is 5.78. The van der Waals surface area contributed by atoms with E-state index in [0.29, 0.717) is 24.5 Å². The average Bonchev–Trinajstić information content (AvgIpc) is 3.28. The van der Waals surface area contributed by atoms with Crippen molar-refractivity contribution in [3.8, 4) is 5.88 Å². The summed E-state index contributed by atoms with van der Waals surface area (Å²) >= 11 is 0. The number of aryl methyl sites for hydroxylation is 1. The van der Waals surface area contributed by atoms with E-state index in [2.05, 4.69) is 16.0 Å². The molecule has 9 heteroatoms. The molecular weight excluding hydrogens is 462 g/mol. The number of fused-ring (bicyclic) bond motifs is 1. The number of nitrogens with zero attached hydrogens (tertiary/aromatic N) is 3. The van der Waals surface area contributed by atoms with E-state index in [-0.39, 0.29) is 12.4 Å². The van der Waals surface area contributed by atoms with Crippen molar-refractivity contribution in [2.75, 3.05) is 13.7 Å². The largest absolute Gasteiger partial charge is 0.481 e. The van der Waals surface area contributed by atoms with Crippen LogP contribution >= 0.6 is 0 Å². The lowest BCUT2D eigenvalue weighted by Crippen LogP contribution is -2.28. The summed E-state index contributed by atoms with van der Waals surface area (Å²) in [5, 5.41) is 10.6. The Labute approximate surface area is 209 Å². The minimum atomic E-state index is -0.606. The zero-order valence-electron chi connectivity index (χ0n) is 20.1. The number of amides is 1. The first kappa shape index (κ1) is 23.9. The van der Waals surface area contributed by atoms with Gasteiger partial charge in [0.15, 0.2) is 12.0 Å². The van der Waals surface area contributed by atoms with E-state index in [1.54, 1.807) is 19.4 Å². The Morgan fingerprint density at radius 1 is 1.28 bits per heavy atom. The Hall–Kier alpha value is -3.85. The topological polar surface area (TPSA) is 103 Å². The zero-order valence-corrected chi connectivity index (χ0v) is 20.1. The number of aromatic nitrogens is 2.